The summed E-state index contributed by atoms with van der Waals surface area (Å²) in [5, 5.41) is 3.82. The minimum Gasteiger partial charge on any atom is -0.489 e. The van der Waals surface area contributed by atoms with Gasteiger partial charge in [-0.2, -0.15) is 0 Å². The summed E-state index contributed by atoms with van der Waals surface area (Å²) < 4.78 is 6.17. The van der Waals surface area contributed by atoms with Gasteiger partial charge in [-0.15, -0.1) is 0 Å². The Kier molecular flexibility index (Phi) is 4.78. The van der Waals surface area contributed by atoms with Crippen molar-refractivity contribution >= 4 is 0 Å². The van der Waals surface area contributed by atoms with Crippen molar-refractivity contribution in [3.8, 4) is 5.75 Å². The molecule has 3 nitrogen and oxygen atoms in total. The van der Waals surface area contributed by atoms with Crippen LogP contribution in [0.15, 0.2) is 48.5 Å². The van der Waals surface area contributed by atoms with Gasteiger partial charge in [0.25, 0.3) is 0 Å². The molecule has 0 heterocycles. The number of nitrogens with two attached hydrogens (primary N) is 1. The maximum Gasteiger partial charge on any atom is 0.123 e. The van der Waals surface area contributed by atoms with Gasteiger partial charge in [0, 0.05) is 24.0 Å². The van der Waals surface area contributed by atoms with Crippen LogP contribution >= 0.6 is 0 Å². The normalized spacial score (nSPS) is 28.1. The summed E-state index contributed by atoms with van der Waals surface area (Å²) in [4.78, 5) is 0. The van der Waals surface area contributed by atoms with Gasteiger partial charge < -0.3 is 15.8 Å². The van der Waals surface area contributed by atoms with Crippen LogP contribution in [0, 0.1) is 6.92 Å². The monoisotopic (exact) mass is 336 g/mol. The lowest BCUT2D eigenvalue weighted by Gasteiger charge is -2.15. The predicted octanol–water partition coefficient (Wildman–Crippen LogP) is 3.90. The van der Waals surface area contributed by atoms with Crippen LogP contribution in [0.2, 0.25) is 0 Å². The molecule has 4 rings (SSSR count). The molecule has 2 fully saturated rings. The van der Waals surface area contributed by atoms with Crippen molar-refractivity contribution < 1.29 is 4.74 Å². The number of aryl methyl sites for hydroxylation is 1. The number of rotatable bonds is 6. The molecule has 0 aliphatic heterocycles. The van der Waals surface area contributed by atoms with Gasteiger partial charge in [0.1, 0.15) is 12.4 Å². The molecule has 3 heteroatoms. The molecule has 2 aromatic carbocycles. The van der Waals surface area contributed by atoms with Crippen LogP contribution < -0.4 is 15.8 Å². The fourth-order valence-electron chi connectivity index (χ4n) is 4.02. The molecular formula is C22H28N2O. The minimum absolute atomic E-state index is 0.387. The number of hydrogen-bond acceptors (Lipinski definition) is 3. The highest BCUT2D eigenvalue weighted by Crippen LogP contribution is 2.46. The molecule has 4 atom stereocenters. The number of ether oxygens (including phenoxy) is 1. The molecule has 2 aromatic rings. The van der Waals surface area contributed by atoms with Crippen LogP contribution in [0.5, 0.6) is 5.75 Å². The molecule has 2 saturated carbocycles. The molecule has 132 valence electrons. The van der Waals surface area contributed by atoms with E-state index in [-0.39, 0.29) is 0 Å². The van der Waals surface area contributed by atoms with Crippen molar-refractivity contribution in [2.45, 2.75) is 63.3 Å². The van der Waals surface area contributed by atoms with Crippen LogP contribution in [0.3, 0.4) is 0 Å². The molecular weight excluding hydrogens is 308 g/mol. The first-order valence-corrected chi connectivity index (χ1v) is 9.48. The van der Waals surface area contributed by atoms with Crippen molar-refractivity contribution in [2.24, 2.45) is 5.73 Å². The van der Waals surface area contributed by atoms with Crippen LogP contribution in [-0.2, 0) is 6.61 Å². The van der Waals surface area contributed by atoms with Gasteiger partial charge in [-0.1, -0.05) is 48.0 Å². The second kappa shape index (κ2) is 7.19. The summed E-state index contributed by atoms with van der Waals surface area (Å²) in [7, 11) is 0. The van der Waals surface area contributed by atoms with Crippen molar-refractivity contribution in [1.29, 1.82) is 0 Å². The molecule has 0 spiro atoms. The third kappa shape index (κ3) is 4.05. The summed E-state index contributed by atoms with van der Waals surface area (Å²) in [6.07, 6.45) is 4.70. The Labute approximate surface area is 150 Å². The average molecular weight is 336 g/mol. The van der Waals surface area contributed by atoms with Gasteiger partial charge in [-0.05, 0) is 49.8 Å². The fourth-order valence-corrected chi connectivity index (χ4v) is 4.02. The Hall–Kier alpha value is -1.84. The van der Waals surface area contributed by atoms with E-state index in [2.05, 4.69) is 54.7 Å². The zero-order valence-corrected chi connectivity index (χ0v) is 14.9. The van der Waals surface area contributed by atoms with E-state index in [1.54, 1.807) is 0 Å². The van der Waals surface area contributed by atoms with E-state index in [9.17, 15) is 0 Å². The lowest BCUT2D eigenvalue weighted by molar-refractivity contribution is 0.302. The molecule has 2 aliphatic carbocycles. The van der Waals surface area contributed by atoms with Gasteiger partial charge in [0.15, 0.2) is 0 Å². The maximum atomic E-state index is 6.17. The summed E-state index contributed by atoms with van der Waals surface area (Å²) in [5.74, 6) is 1.61. The van der Waals surface area contributed by atoms with Crippen LogP contribution in [0.4, 0.5) is 0 Å². The topological polar surface area (TPSA) is 47.3 Å². The molecule has 0 saturated heterocycles. The summed E-state index contributed by atoms with van der Waals surface area (Å²) >= 11 is 0. The smallest absolute Gasteiger partial charge is 0.123 e. The highest BCUT2D eigenvalue weighted by molar-refractivity contribution is 5.43. The Morgan fingerprint density at radius 1 is 1.08 bits per heavy atom. The van der Waals surface area contributed by atoms with Gasteiger partial charge in [0.2, 0.25) is 0 Å². The molecule has 0 amide bonds. The lowest BCUT2D eigenvalue weighted by Crippen LogP contribution is -2.31. The van der Waals surface area contributed by atoms with Gasteiger partial charge >= 0.3 is 0 Å². The highest BCUT2D eigenvalue weighted by atomic mass is 16.5. The first-order chi connectivity index (χ1) is 12.2. The Morgan fingerprint density at radius 2 is 1.92 bits per heavy atom. The predicted molar refractivity (Wildman–Crippen MR) is 102 cm³/mol. The molecule has 0 radical (unpaired) electrons. The quantitative estimate of drug-likeness (QED) is 0.841. The highest BCUT2D eigenvalue weighted by Gasteiger charge is 2.42. The number of nitrogens with one attached hydrogen (secondary N) is 1. The van der Waals surface area contributed by atoms with E-state index < -0.39 is 0 Å². The van der Waals surface area contributed by atoms with E-state index in [0.29, 0.717) is 30.7 Å². The third-order valence-corrected chi connectivity index (χ3v) is 5.52. The Morgan fingerprint density at radius 3 is 2.68 bits per heavy atom. The van der Waals surface area contributed by atoms with E-state index >= 15 is 0 Å². The van der Waals surface area contributed by atoms with Crippen molar-refractivity contribution in [1.82, 2.24) is 5.32 Å². The molecule has 0 aromatic heterocycles. The first kappa shape index (κ1) is 16.6. The first-order valence-electron chi connectivity index (χ1n) is 9.48. The SMILES string of the molecule is Cc1ccc(OCc2ccccc2)c([C@@H]2C[C@H]2NC2CCC(N)C2)c1. The van der Waals surface area contributed by atoms with E-state index in [1.165, 1.54) is 29.5 Å². The lowest BCUT2D eigenvalue weighted by atomic mass is 10.1. The zero-order chi connectivity index (χ0) is 17.2. The van der Waals surface area contributed by atoms with Gasteiger partial charge in [0.05, 0.1) is 0 Å². The molecule has 2 unspecified atom stereocenters. The maximum absolute atomic E-state index is 6.17. The van der Waals surface area contributed by atoms with Gasteiger partial charge in [-0.3, -0.25) is 0 Å². The van der Waals surface area contributed by atoms with Crippen LogP contribution in [0.25, 0.3) is 0 Å². The Bertz CT molecular complexity index is 715. The van der Waals surface area contributed by atoms with Crippen LogP contribution in [-0.4, -0.2) is 18.1 Å². The second-order valence-electron chi connectivity index (χ2n) is 7.70. The third-order valence-electron chi connectivity index (χ3n) is 5.52. The molecule has 2 aliphatic rings. The second-order valence-corrected chi connectivity index (χ2v) is 7.70. The Balaban J connectivity index is 1.42. The molecule has 25 heavy (non-hydrogen) atoms. The zero-order valence-electron chi connectivity index (χ0n) is 14.9. The van der Waals surface area contributed by atoms with E-state index in [1.807, 2.05) is 6.07 Å². The van der Waals surface area contributed by atoms with E-state index in [4.69, 9.17) is 10.5 Å². The van der Waals surface area contributed by atoms with E-state index in [0.717, 1.165) is 18.6 Å². The largest absolute Gasteiger partial charge is 0.489 e. The van der Waals surface area contributed by atoms with Gasteiger partial charge in [-0.25, -0.2) is 0 Å². The number of hydrogen-bond donors (Lipinski definition) is 2. The van der Waals surface area contributed by atoms with Crippen LogP contribution in [0.1, 0.15) is 48.3 Å². The summed E-state index contributed by atoms with van der Waals surface area (Å²) in [6.45, 7) is 2.78. The molecule has 3 N–H and O–H groups in total. The summed E-state index contributed by atoms with van der Waals surface area (Å²) in [6, 6.07) is 18.5. The average Bonchev–Trinajstić information content (AvgIpc) is 3.26. The minimum atomic E-state index is 0.387. The standard InChI is InChI=1S/C22H28N2O/c1-15-7-10-22(25-14-16-5-3-2-4-6-16)20(11-15)19-13-21(19)24-18-9-8-17(23)12-18/h2-7,10-11,17-19,21,24H,8-9,12-14,23H2,1H3/t17?,18?,19-,21+/m0/s1. The van der Waals surface area contributed by atoms with Crippen molar-refractivity contribution in [2.75, 3.05) is 0 Å². The van der Waals surface area contributed by atoms with Crippen molar-refractivity contribution in [3.05, 3.63) is 65.2 Å². The number of benzene rings is 2. The molecule has 0 bridgehead atoms. The van der Waals surface area contributed by atoms with Crippen molar-refractivity contribution in [3.63, 3.8) is 0 Å². The summed E-state index contributed by atoms with van der Waals surface area (Å²) in [5.41, 5.74) is 9.91. The fraction of sp³-hybridized carbons (Fsp3) is 0.455.